The molecule has 0 N–H and O–H groups in total. The number of carbonyl (C=O) groups is 1. The fourth-order valence-corrected chi connectivity index (χ4v) is 5.92. The summed E-state index contributed by atoms with van der Waals surface area (Å²) >= 11 is 0. The summed E-state index contributed by atoms with van der Waals surface area (Å²) in [6.45, 7) is 4.56. The minimum absolute atomic E-state index is 0.311. The highest BCUT2D eigenvalue weighted by Crippen LogP contribution is 2.33. The van der Waals surface area contributed by atoms with E-state index >= 15 is 0 Å². The molecule has 3 nitrogen and oxygen atoms in total. The zero-order valence-corrected chi connectivity index (χ0v) is 27.0. The second kappa shape index (κ2) is 29.9. The second-order valence-corrected chi connectivity index (χ2v) is 12.4. The van der Waals surface area contributed by atoms with Crippen molar-refractivity contribution in [3.63, 3.8) is 0 Å². The van der Waals surface area contributed by atoms with Gasteiger partial charge in [0.1, 0.15) is 0 Å². The van der Waals surface area contributed by atoms with E-state index in [0.717, 1.165) is 25.7 Å². The van der Waals surface area contributed by atoms with Crippen molar-refractivity contribution >= 4 is 5.97 Å². The second-order valence-electron chi connectivity index (χ2n) is 12.4. The van der Waals surface area contributed by atoms with E-state index in [0.29, 0.717) is 12.8 Å². The molecule has 0 radical (unpaired) electrons. The first-order valence-corrected chi connectivity index (χ1v) is 17.7. The van der Waals surface area contributed by atoms with Crippen molar-refractivity contribution in [2.75, 3.05) is 7.11 Å². The van der Waals surface area contributed by atoms with Crippen LogP contribution in [0.2, 0.25) is 0 Å². The van der Waals surface area contributed by atoms with Gasteiger partial charge in [0.25, 0.3) is 0 Å². The Morgan fingerprint density at radius 3 is 0.923 bits per heavy atom. The SMILES string of the molecule is CCCCCCCCCCCCCCCCC(C#N)(CCCCCCCCCCCCCCCC)C(=O)OC. The van der Waals surface area contributed by atoms with Crippen molar-refractivity contribution in [1.82, 2.24) is 0 Å². The third-order valence-corrected chi connectivity index (χ3v) is 8.70. The summed E-state index contributed by atoms with van der Waals surface area (Å²) in [5.74, 6) is -0.311. The number of esters is 1. The molecule has 0 aliphatic rings. The van der Waals surface area contributed by atoms with E-state index in [1.807, 2.05) is 0 Å². The van der Waals surface area contributed by atoms with Crippen LogP contribution in [0.25, 0.3) is 0 Å². The lowest BCUT2D eigenvalue weighted by molar-refractivity contribution is -0.150. The summed E-state index contributed by atoms with van der Waals surface area (Å²) in [6.07, 6.45) is 38.2. The maximum atomic E-state index is 12.6. The van der Waals surface area contributed by atoms with Crippen LogP contribution in [-0.2, 0) is 9.53 Å². The van der Waals surface area contributed by atoms with E-state index in [2.05, 4.69) is 19.9 Å². The molecule has 0 saturated heterocycles. The van der Waals surface area contributed by atoms with Crippen LogP contribution in [0.15, 0.2) is 0 Å². The predicted molar refractivity (Wildman–Crippen MR) is 170 cm³/mol. The Morgan fingerprint density at radius 2 is 0.718 bits per heavy atom. The molecule has 0 heterocycles. The summed E-state index contributed by atoms with van der Waals surface area (Å²) in [5.41, 5.74) is -0.928. The number of hydrogen-bond donors (Lipinski definition) is 0. The van der Waals surface area contributed by atoms with E-state index in [9.17, 15) is 10.1 Å². The average molecular weight is 548 g/mol. The molecular formula is C36H69NO2. The summed E-state index contributed by atoms with van der Waals surface area (Å²) < 4.78 is 5.08. The van der Waals surface area contributed by atoms with Gasteiger partial charge >= 0.3 is 5.97 Å². The summed E-state index contributed by atoms with van der Waals surface area (Å²) in [6, 6.07) is 2.39. The van der Waals surface area contributed by atoms with Gasteiger partial charge in [-0.05, 0) is 12.8 Å². The lowest BCUT2D eigenvalue weighted by Crippen LogP contribution is -2.31. The third-order valence-electron chi connectivity index (χ3n) is 8.70. The summed E-state index contributed by atoms with van der Waals surface area (Å²) in [4.78, 5) is 12.6. The molecule has 0 aliphatic heterocycles. The van der Waals surface area contributed by atoms with Gasteiger partial charge in [-0.3, -0.25) is 4.79 Å². The Hall–Kier alpha value is -1.04. The molecule has 0 aliphatic carbocycles. The lowest BCUT2D eigenvalue weighted by Gasteiger charge is -2.23. The van der Waals surface area contributed by atoms with Gasteiger partial charge in [0, 0.05) is 0 Å². The molecule has 0 amide bonds. The minimum Gasteiger partial charge on any atom is -0.468 e. The van der Waals surface area contributed by atoms with Crippen LogP contribution in [0, 0.1) is 16.7 Å². The first kappa shape index (κ1) is 38.0. The van der Waals surface area contributed by atoms with Crippen molar-refractivity contribution in [2.24, 2.45) is 5.41 Å². The lowest BCUT2D eigenvalue weighted by atomic mass is 9.79. The topological polar surface area (TPSA) is 50.1 Å². The monoisotopic (exact) mass is 548 g/mol. The van der Waals surface area contributed by atoms with Crippen molar-refractivity contribution in [3.05, 3.63) is 0 Å². The normalized spacial score (nSPS) is 11.5. The molecule has 0 unspecified atom stereocenters. The molecule has 0 atom stereocenters. The van der Waals surface area contributed by atoms with E-state index in [4.69, 9.17) is 4.74 Å². The van der Waals surface area contributed by atoms with Crippen LogP contribution < -0.4 is 0 Å². The fourth-order valence-electron chi connectivity index (χ4n) is 5.92. The first-order valence-electron chi connectivity index (χ1n) is 17.7. The van der Waals surface area contributed by atoms with E-state index < -0.39 is 5.41 Å². The highest BCUT2D eigenvalue weighted by molar-refractivity contribution is 5.79. The number of nitrogens with zero attached hydrogens (tertiary/aromatic N) is 1. The van der Waals surface area contributed by atoms with E-state index in [1.54, 1.807) is 0 Å². The van der Waals surface area contributed by atoms with Gasteiger partial charge in [0.05, 0.1) is 13.2 Å². The van der Waals surface area contributed by atoms with Crippen LogP contribution in [0.4, 0.5) is 0 Å². The Labute approximate surface area is 245 Å². The van der Waals surface area contributed by atoms with Crippen LogP contribution >= 0.6 is 0 Å². The van der Waals surface area contributed by atoms with E-state index in [-0.39, 0.29) is 5.97 Å². The number of hydrogen-bond acceptors (Lipinski definition) is 3. The van der Waals surface area contributed by atoms with Gasteiger partial charge in [-0.2, -0.15) is 5.26 Å². The molecule has 0 aromatic carbocycles. The molecule has 0 bridgehead atoms. The van der Waals surface area contributed by atoms with Crippen LogP contribution in [0.3, 0.4) is 0 Å². The van der Waals surface area contributed by atoms with Crippen LogP contribution in [0.5, 0.6) is 0 Å². The number of nitriles is 1. The van der Waals surface area contributed by atoms with Gasteiger partial charge in [-0.1, -0.05) is 194 Å². The maximum absolute atomic E-state index is 12.6. The highest BCUT2D eigenvalue weighted by Gasteiger charge is 2.38. The quantitative estimate of drug-likeness (QED) is 0.0640. The predicted octanol–water partition coefficient (Wildman–Crippen LogP) is 12.4. The van der Waals surface area contributed by atoms with Gasteiger partial charge in [-0.25, -0.2) is 0 Å². The third kappa shape index (κ3) is 23.4. The van der Waals surface area contributed by atoms with Crippen molar-refractivity contribution in [2.45, 2.75) is 206 Å². The molecule has 0 aromatic heterocycles. The van der Waals surface area contributed by atoms with Crippen LogP contribution in [0.1, 0.15) is 206 Å². The number of ether oxygens (including phenoxy) is 1. The standard InChI is InChI=1S/C36H69NO2/c1-4-6-8-10-12-14-16-18-20-22-24-26-28-30-32-36(34-37,35(38)39-3)33-31-29-27-25-23-21-19-17-15-13-11-9-7-5-2/h4-33H2,1-3H3. The largest absolute Gasteiger partial charge is 0.468 e. The Morgan fingerprint density at radius 1 is 0.487 bits per heavy atom. The zero-order valence-electron chi connectivity index (χ0n) is 27.0. The molecule has 0 rings (SSSR count). The maximum Gasteiger partial charge on any atom is 0.326 e. The van der Waals surface area contributed by atoms with E-state index in [1.165, 1.54) is 161 Å². The molecule has 0 saturated carbocycles. The van der Waals surface area contributed by atoms with Crippen LogP contribution in [-0.4, -0.2) is 13.1 Å². The Bertz CT molecular complexity index is 521. The van der Waals surface area contributed by atoms with Gasteiger partial charge < -0.3 is 4.74 Å². The number of carbonyl (C=O) groups excluding carboxylic acids is 1. The average Bonchev–Trinajstić information content (AvgIpc) is 2.96. The Balaban J connectivity index is 3.82. The first-order chi connectivity index (χ1) is 19.2. The molecule has 0 fully saturated rings. The number of rotatable bonds is 31. The summed E-state index contributed by atoms with van der Waals surface area (Å²) in [5, 5.41) is 9.93. The molecule has 0 aromatic rings. The summed E-state index contributed by atoms with van der Waals surface area (Å²) in [7, 11) is 1.44. The fraction of sp³-hybridized carbons (Fsp3) is 0.944. The Kier molecular flexibility index (Phi) is 29.1. The van der Waals surface area contributed by atoms with Gasteiger partial charge in [0.2, 0.25) is 0 Å². The van der Waals surface area contributed by atoms with Crippen molar-refractivity contribution < 1.29 is 9.53 Å². The zero-order chi connectivity index (χ0) is 28.7. The number of methoxy groups -OCH3 is 1. The highest BCUT2D eigenvalue weighted by atomic mass is 16.5. The molecule has 39 heavy (non-hydrogen) atoms. The molecule has 0 spiro atoms. The number of unbranched alkanes of at least 4 members (excludes halogenated alkanes) is 26. The minimum atomic E-state index is -0.928. The van der Waals surface area contributed by atoms with Crippen molar-refractivity contribution in [1.29, 1.82) is 5.26 Å². The van der Waals surface area contributed by atoms with Gasteiger partial charge in [-0.15, -0.1) is 0 Å². The smallest absolute Gasteiger partial charge is 0.326 e. The molecule has 3 heteroatoms. The van der Waals surface area contributed by atoms with Gasteiger partial charge in [0.15, 0.2) is 5.41 Å². The molecular weight excluding hydrogens is 478 g/mol. The van der Waals surface area contributed by atoms with Crippen molar-refractivity contribution in [3.8, 4) is 6.07 Å². The molecule has 230 valence electrons.